The van der Waals surface area contributed by atoms with Gasteiger partial charge in [-0.05, 0) is 46.9 Å². The first kappa shape index (κ1) is 22.5. The molecule has 0 bridgehead atoms. The number of nitrogens with one attached hydrogen (secondary N) is 2. The van der Waals surface area contributed by atoms with Crippen LogP contribution in [-0.4, -0.2) is 40.9 Å². The van der Waals surface area contributed by atoms with Crippen molar-refractivity contribution in [2.45, 2.75) is 31.7 Å². The van der Waals surface area contributed by atoms with Crippen LogP contribution in [0.2, 0.25) is 0 Å². The number of fused-ring (bicyclic) bond motifs is 1. The number of anilines is 1. The van der Waals surface area contributed by atoms with Crippen LogP contribution in [0.1, 0.15) is 24.0 Å². The Morgan fingerprint density at radius 3 is 2.52 bits per heavy atom. The molecule has 0 unspecified atom stereocenters. The van der Waals surface area contributed by atoms with Gasteiger partial charge in [-0.15, -0.1) is 0 Å². The number of hydrogen-bond donors (Lipinski definition) is 3. The summed E-state index contributed by atoms with van der Waals surface area (Å²) >= 11 is 0. The molecule has 0 saturated carbocycles. The number of likely N-dealkylation sites (tertiary alicyclic amines) is 1. The Labute approximate surface area is 192 Å². The number of hydrogen-bond acceptors (Lipinski definition) is 5. The fraction of sp³-hybridized carbons (Fsp3) is 0.269. The van der Waals surface area contributed by atoms with Crippen molar-refractivity contribution in [3.8, 4) is 0 Å². The van der Waals surface area contributed by atoms with Crippen molar-refractivity contribution in [1.82, 2.24) is 10.2 Å². The maximum atomic E-state index is 13.2. The number of benzene rings is 3. The van der Waals surface area contributed by atoms with Gasteiger partial charge in [0.15, 0.2) is 0 Å². The lowest BCUT2D eigenvalue weighted by Gasteiger charge is -2.26. The molecule has 0 aromatic heterocycles. The van der Waals surface area contributed by atoms with Crippen LogP contribution in [0.25, 0.3) is 10.8 Å². The second-order valence-electron chi connectivity index (χ2n) is 8.32. The Morgan fingerprint density at radius 1 is 1.06 bits per heavy atom. The van der Waals surface area contributed by atoms with Gasteiger partial charge in [0.05, 0.1) is 5.69 Å². The number of likely N-dealkylation sites (N-methyl/N-ethyl adjacent to an activating group) is 1. The zero-order chi connectivity index (χ0) is 23.4. The number of rotatable bonds is 8. The molecule has 3 aromatic rings. The van der Waals surface area contributed by atoms with Gasteiger partial charge < -0.3 is 5.32 Å². The van der Waals surface area contributed by atoms with Gasteiger partial charge in [0.2, 0.25) is 17.7 Å². The molecule has 1 fully saturated rings. The molecule has 3 amide bonds. The van der Waals surface area contributed by atoms with E-state index in [9.17, 15) is 14.4 Å². The monoisotopic (exact) mass is 445 g/mol. The first-order chi connectivity index (χ1) is 16.0. The first-order valence-corrected chi connectivity index (χ1v) is 11.0. The van der Waals surface area contributed by atoms with Gasteiger partial charge in [-0.1, -0.05) is 54.6 Å². The van der Waals surface area contributed by atoms with Crippen molar-refractivity contribution in [2.24, 2.45) is 5.92 Å². The van der Waals surface area contributed by atoms with E-state index in [2.05, 4.69) is 10.8 Å². The molecule has 3 N–H and O–H groups in total. The van der Waals surface area contributed by atoms with E-state index in [1.165, 1.54) is 11.9 Å². The van der Waals surface area contributed by atoms with E-state index in [1.807, 2.05) is 54.6 Å². The van der Waals surface area contributed by atoms with E-state index in [1.54, 1.807) is 12.1 Å². The van der Waals surface area contributed by atoms with Crippen LogP contribution < -0.4 is 10.8 Å². The minimum atomic E-state index is -0.888. The van der Waals surface area contributed by atoms with Crippen LogP contribution in [0, 0.1) is 5.92 Å². The average Bonchev–Trinajstić information content (AvgIpc) is 3.13. The topological polar surface area (TPSA) is 98.7 Å². The number of carbonyl (C=O) groups is 3. The molecule has 33 heavy (non-hydrogen) atoms. The highest BCUT2D eigenvalue weighted by Crippen LogP contribution is 2.29. The van der Waals surface area contributed by atoms with E-state index in [4.69, 9.17) is 5.21 Å². The highest BCUT2D eigenvalue weighted by Gasteiger charge is 2.44. The Balaban J connectivity index is 1.52. The molecule has 170 valence electrons. The van der Waals surface area contributed by atoms with Crippen LogP contribution in [0.5, 0.6) is 0 Å². The summed E-state index contributed by atoms with van der Waals surface area (Å²) in [6.07, 6.45) is 1.51. The molecule has 1 heterocycles. The fourth-order valence-corrected chi connectivity index (χ4v) is 4.50. The second kappa shape index (κ2) is 9.83. The summed E-state index contributed by atoms with van der Waals surface area (Å²) in [4.78, 5) is 40.1. The predicted molar refractivity (Wildman–Crippen MR) is 126 cm³/mol. The number of carbonyl (C=O) groups excluding carboxylic acids is 3. The normalized spacial score (nSPS) is 16.8. The van der Waals surface area contributed by atoms with Crippen molar-refractivity contribution in [2.75, 3.05) is 12.5 Å². The van der Waals surface area contributed by atoms with E-state index >= 15 is 0 Å². The number of imide groups is 1. The summed E-state index contributed by atoms with van der Waals surface area (Å²) in [5.74, 6) is -1.40. The minimum Gasteiger partial charge on any atom is -0.357 e. The quantitative estimate of drug-likeness (QED) is 0.365. The first-order valence-electron chi connectivity index (χ1n) is 11.0. The Hall–Kier alpha value is -3.71. The largest absolute Gasteiger partial charge is 0.357 e. The van der Waals surface area contributed by atoms with Gasteiger partial charge in [-0.2, -0.15) is 0 Å². The van der Waals surface area contributed by atoms with Gasteiger partial charge >= 0.3 is 0 Å². The smallest absolute Gasteiger partial charge is 0.243 e. The summed E-state index contributed by atoms with van der Waals surface area (Å²) in [6, 6.07) is 20.1. The number of amides is 3. The third-order valence-electron chi connectivity index (χ3n) is 6.29. The zero-order valence-electron chi connectivity index (χ0n) is 18.5. The number of nitrogens with zero attached hydrogens (tertiary/aromatic N) is 1. The van der Waals surface area contributed by atoms with Crippen molar-refractivity contribution in [3.05, 3.63) is 77.9 Å². The molecule has 4 rings (SSSR count). The Bertz CT molecular complexity index is 1170. The Kier molecular flexibility index (Phi) is 6.70. The van der Waals surface area contributed by atoms with Crippen molar-refractivity contribution >= 4 is 34.2 Å². The van der Waals surface area contributed by atoms with Crippen molar-refractivity contribution in [3.63, 3.8) is 0 Å². The predicted octanol–water partition coefficient (Wildman–Crippen LogP) is 3.31. The average molecular weight is 446 g/mol. The molecule has 0 spiro atoms. The van der Waals surface area contributed by atoms with Crippen LogP contribution in [0.3, 0.4) is 0 Å². The molecule has 7 nitrogen and oxygen atoms in total. The highest BCUT2D eigenvalue weighted by atomic mass is 16.5. The lowest BCUT2D eigenvalue weighted by molar-refractivity contribution is -0.147. The van der Waals surface area contributed by atoms with E-state index in [0.717, 1.165) is 21.9 Å². The standard InChI is InChI=1S/C26H27N3O4/c1-27-25(31)23(15-19-7-4-6-18-5-2-3-8-22(18)19)29-24(30)16-20(26(29)32)12-9-17-10-13-21(28-33)14-11-17/h2-8,10-11,13-14,20,23,28,33H,9,12,15-16H2,1H3,(H,27,31)/t20-,23+/m1/s1. The minimum absolute atomic E-state index is 0.109. The van der Waals surface area contributed by atoms with Crippen molar-refractivity contribution in [1.29, 1.82) is 0 Å². The molecule has 3 aromatic carbocycles. The van der Waals surface area contributed by atoms with Crippen molar-refractivity contribution < 1.29 is 19.6 Å². The molecule has 1 aliphatic heterocycles. The third kappa shape index (κ3) is 4.73. The molecule has 2 atom stereocenters. The van der Waals surface area contributed by atoms with Crippen LogP contribution >= 0.6 is 0 Å². The van der Waals surface area contributed by atoms with E-state index in [-0.39, 0.29) is 30.6 Å². The Morgan fingerprint density at radius 2 is 1.79 bits per heavy atom. The summed E-state index contributed by atoms with van der Waals surface area (Å²) in [5, 5.41) is 13.6. The summed E-state index contributed by atoms with van der Waals surface area (Å²) in [7, 11) is 1.52. The van der Waals surface area contributed by atoms with Gasteiger partial charge in [-0.25, -0.2) is 0 Å². The molecular weight excluding hydrogens is 418 g/mol. The van der Waals surface area contributed by atoms with Gasteiger partial charge in [-0.3, -0.25) is 30.0 Å². The maximum absolute atomic E-state index is 13.2. The molecule has 0 radical (unpaired) electrons. The van der Waals surface area contributed by atoms with Crippen LogP contribution in [-0.2, 0) is 27.2 Å². The maximum Gasteiger partial charge on any atom is 0.243 e. The summed E-state index contributed by atoms with van der Waals surface area (Å²) < 4.78 is 0. The van der Waals surface area contributed by atoms with E-state index in [0.29, 0.717) is 18.5 Å². The zero-order valence-corrected chi connectivity index (χ0v) is 18.5. The van der Waals surface area contributed by atoms with Crippen LogP contribution in [0.15, 0.2) is 66.7 Å². The highest BCUT2D eigenvalue weighted by molar-refractivity contribution is 6.07. The molecular formula is C26H27N3O4. The SMILES string of the molecule is CNC(=O)[C@H](Cc1cccc2ccccc12)N1C(=O)C[C@@H](CCc2ccc(NO)cc2)C1=O. The van der Waals surface area contributed by atoms with Crippen LogP contribution in [0.4, 0.5) is 5.69 Å². The fourth-order valence-electron chi connectivity index (χ4n) is 4.50. The summed E-state index contributed by atoms with van der Waals surface area (Å²) in [6.45, 7) is 0. The molecule has 1 saturated heterocycles. The summed E-state index contributed by atoms with van der Waals surface area (Å²) in [5.41, 5.74) is 4.59. The lowest BCUT2D eigenvalue weighted by Crippen LogP contribution is -2.50. The molecule has 0 aliphatic carbocycles. The second-order valence-corrected chi connectivity index (χ2v) is 8.32. The number of aryl methyl sites for hydroxylation is 1. The molecule has 7 heteroatoms. The molecule has 1 aliphatic rings. The van der Waals surface area contributed by atoms with Gasteiger partial charge in [0.25, 0.3) is 0 Å². The van der Waals surface area contributed by atoms with Gasteiger partial charge in [0, 0.05) is 25.8 Å². The third-order valence-corrected chi connectivity index (χ3v) is 6.29. The van der Waals surface area contributed by atoms with Gasteiger partial charge in [0.1, 0.15) is 6.04 Å². The lowest BCUT2D eigenvalue weighted by atomic mass is 9.96. The van der Waals surface area contributed by atoms with E-state index < -0.39 is 12.0 Å².